The van der Waals surface area contributed by atoms with Crippen molar-refractivity contribution in [3.8, 4) is 5.69 Å². The molecular weight excluding hydrogens is 414 g/mol. The largest absolute Gasteiger partial charge is 0.368 e. The number of para-hydroxylation sites is 1. The highest BCUT2D eigenvalue weighted by molar-refractivity contribution is 5.81. The molecule has 2 aromatic heterocycles. The summed E-state index contributed by atoms with van der Waals surface area (Å²) in [5, 5.41) is 7.72. The first-order valence-electron chi connectivity index (χ1n) is 11.9. The molecule has 7 heteroatoms. The van der Waals surface area contributed by atoms with Crippen LogP contribution in [0.3, 0.4) is 0 Å². The van der Waals surface area contributed by atoms with E-state index in [0.29, 0.717) is 6.61 Å². The minimum atomic E-state index is -0.336. The number of carbonyl (C=O) groups excluding carboxylic acids is 1. The summed E-state index contributed by atoms with van der Waals surface area (Å²) in [6.45, 7) is 3.46. The first kappa shape index (κ1) is 21.8. The molecule has 1 N–H and O–H groups in total. The summed E-state index contributed by atoms with van der Waals surface area (Å²) in [5.74, 6) is 0.278. The van der Waals surface area contributed by atoms with Crippen molar-refractivity contribution in [3.63, 3.8) is 0 Å². The van der Waals surface area contributed by atoms with Gasteiger partial charge in [0.1, 0.15) is 6.10 Å². The van der Waals surface area contributed by atoms with Gasteiger partial charge in [-0.3, -0.25) is 14.7 Å². The molecular formula is C26H31N5O2. The Balaban J connectivity index is 1.33. The number of amides is 1. The van der Waals surface area contributed by atoms with E-state index in [4.69, 9.17) is 4.74 Å². The highest BCUT2D eigenvalue weighted by atomic mass is 16.5. The average molecular weight is 446 g/mol. The third-order valence-corrected chi connectivity index (χ3v) is 6.68. The van der Waals surface area contributed by atoms with Gasteiger partial charge in [-0.2, -0.15) is 5.10 Å². The number of aromatic nitrogens is 3. The van der Waals surface area contributed by atoms with E-state index in [1.54, 1.807) is 0 Å². The number of nitrogens with zero attached hydrogens (tertiary/aromatic N) is 4. The molecule has 0 radical (unpaired) electrons. The lowest BCUT2D eigenvalue weighted by atomic mass is 9.88. The van der Waals surface area contributed by atoms with Crippen LogP contribution in [-0.4, -0.2) is 51.4 Å². The lowest BCUT2D eigenvalue weighted by molar-refractivity contribution is -0.131. The van der Waals surface area contributed by atoms with E-state index in [1.807, 2.05) is 47.5 Å². The van der Waals surface area contributed by atoms with Crippen LogP contribution >= 0.6 is 0 Å². The van der Waals surface area contributed by atoms with Gasteiger partial charge in [-0.25, -0.2) is 4.68 Å². The van der Waals surface area contributed by atoms with Crippen LogP contribution in [0.25, 0.3) is 5.69 Å². The summed E-state index contributed by atoms with van der Waals surface area (Å²) in [4.78, 5) is 20.0. The fourth-order valence-electron chi connectivity index (χ4n) is 5.05. The second kappa shape index (κ2) is 10.3. The Bertz CT molecular complexity index is 1030. The first-order chi connectivity index (χ1) is 16.3. The summed E-state index contributed by atoms with van der Waals surface area (Å²) in [7, 11) is 0. The van der Waals surface area contributed by atoms with Crippen LogP contribution in [0.15, 0.2) is 67.1 Å². The molecule has 3 aromatic rings. The number of pyridine rings is 1. The van der Waals surface area contributed by atoms with Crippen molar-refractivity contribution in [2.75, 3.05) is 19.7 Å². The molecule has 172 valence electrons. The van der Waals surface area contributed by atoms with Gasteiger partial charge in [0.15, 0.2) is 0 Å². The molecule has 3 atom stereocenters. The van der Waals surface area contributed by atoms with E-state index in [9.17, 15) is 4.79 Å². The van der Waals surface area contributed by atoms with Crippen molar-refractivity contribution < 1.29 is 9.53 Å². The van der Waals surface area contributed by atoms with Gasteiger partial charge < -0.3 is 10.1 Å². The van der Waals surface area contributed by atoms with Crippen LogP contribution in [0.5, 0.6) is 0 Å². The van der Waals surface area contributed by atoms with Crippen LogP contribution in [0.4, 0.5) is 0 Å². The van der Waals surface area contributed by atoms with E-state index in [-0.39, 0.29) is 24.0 Å². The lowest BCUT2D eigenvalue weighted by Crippen LogP contribution is -2.45. The monoisotopic (exact) mass is 445 g/mol. The maximum Gasteiger partial charge on any atom is 0.249 e. The van der Waals surface area contributed by atoms with Crippen molar-refractivity contribution in [1.82, 2.24) is 25.0 Å². The second-order valence-corrected chi connectivity index (χ2v) is 8.96. The molecule has 0 spiro atoms. The Labute approximate surface area is 194 Å². The molecule has 7 nitrogen and oxygen atoms in total. The quantitative estimate of drug-likeness (QED) is 0.603. The van der Waals surface area contributed by atoms with Crippen LogP contribution in [0.1, 0.15) is 43.0 Å². The molecule has 2 saturated heterocycles. The molecule has 2 aliphatic heterocycles. The zero-order valence-electron chi connectivity index (χ0n) is 18.8. The van der Waals surface area contributed by atoms with Gasteiger partial charge >= 0.3 is 0 Å². The molecule has 1 amide bonds. The minimum Gasteiger partial charge on any atom is -0.368 e. The molecule has 0 bridgehead atoms. The maximum absolute atomic E-state index is 12.9. The molecule has 3 unspecified atom stereocenters. The summed E-state index contributed by atoms with van der Waals surface area (Å²) in [6.07, 6.45) is 9.15. The molecule has 33 heavy (non-hydrogen) atoms. The van der Waals surface area contributed by atoms with Gasteiger partial charge in [-0.15, -0.1) is 0 Å². The van der Waals surface area contributed by atoms with Gasteiger partial charge in [0.05, 0.1) is 17.4 Å². The Hall–Kier alpha value is -3.03. The van der Waals surface area contributed by atoms with Crippen LogP contribution in [-0.2, 0) is 16.1 Å². The van der Waals surface area contributed by atoms with E-state index in [0.717, 1.165) is 56.7 Å². The van der Waals surface area contributed by atoms with Gasteiger partial charge in [-0.05, 0) is 68.0 Å². The Morgan fingerprint density at radius 3 is 2.79 bits per heavy atom. The van der Waals surface area contributed by atoms with Gasteiger partial charge in [-0.1, -0.05) is 24.3 Å². The number of benzene rings is 1. The first-order valence-corrected chi connectivity index (χ1v) is 11.9. The zero-order chi connectivity index (χ0) is 22.5. The van der Waals surface area contributed by atoms with Crippen LogP contribution in [0, 0.1) is 5.92 Å². The third-order valence-electron chi connectivity index (χ3n) is 6.68. The Kier molecular flexibility index (Phi) is 6.79. The summed E-state index contributed by atoms with van der Waals surface area (Å²) in [6, 6.07) is 16.2. The second-order valence-electron chi connectivity index (χ2n) is 8.96. The van der Waals surface area contributed by atoms with Crippen molar-refractivity contribution >= 4 is 5.91 Å². The van der Waals surface area contributed by atoms with E-state index in [2.05, 4.69) is 44.6 Å². The highest BCUT2D eigenvalue weighted by Crippen LogP contribution is 2.31. The number of rotatable bonds is 7. The topological polar surface area (TPSA) is 72.3 Å². The number of likely N-dealkylation sites (tertiary alicyclic amines) is 1. The molecule has 0 aliphatic carbocycles. The summed E-state index contributed by atoms with van der Waals surface area (Å²) in [5.41, 5.74) is 3.28. The number of hydrogen-bond acceptors (Lipinski definition) is 5. The Morgan fingerprint density at radius 2 is 2.00 bits per heavy atom. The average Bonchev–Trinajstić information content (AvgIpc) is 3.58. The molecule has 4 heterocycles. The molecule has 0 saturated carbocycles. The predicted molar refractivity (Wildman–Crippen MR) is 126 cm³/mol. The number of ether oxygens (including phenoxy) is 1. The number of hydrogen-bond donors (Lipinski definition) is 1. The van der Waals surface area contributed by atoms with Crippen molar-refractivity contribution in [2.45, 2.75) is 44.4 Å². The summed E-state index contributed by atoms with van der Waals surface area (Å²) < 4.78 is 7.56. The normalized spacial score (nSPS) is 22.2. The van der Waals surface area contributed by atoms with E-state index >= 15 is 0 Å². The van der Waals surface area contributed by atoms with Crippen molar-refractivity contribution in [3.05, 3.63) is 78.4 Å². The van der Waals surface area contributed by atoms with E-state index < -0.39 is 0 Å². The third kappa shape index (κ3) is 5.15. The smallest absolute Gasteiger partial charge is 0.249 e. The lowest BCUT2D eigenvalue weighted by Gasteiger charge is -2.37. The maximum atomic E-state index is 12.9. The highest BCUT2D eigenvalue weighted by Gasteiger charge is 2.33. The molecule has 2 aliphatic rings. The van der Waals surface area contributed by atoms with Crippen molar-refractivity contribution in [1.29, 1.82) is 0 Å². The fraction of sp³-hybridized carbons (Fsp3) is 0.423. The Morgan fingerprint density at radius 1 is 1.09 bits per heavy atom. The van der Waals surface area contributed by atoms with Gasteiger partial charge in [0.2, 0.25) is 5.91 Å². The number of piperidine rings is 1. The standard InChI is InChI=1S/C26H31N5O2/c32-26(24-12-6-17-33-24)29-25(22-10-3-4-13-27-22)21-9-5-15-30(19-21)18-20-8-1-2-11-23(20)31-16-7-14-28-31/h1-4,7-8,10-11,13-14,16,21,24-25H,5-6,9,12,15,17-19H2,(H,29,32). The number of nitrogens with one attached hydrogen (secondary N) is 1. The van der Waals surface area contributed by atoms with Crippen LogP contribution in [0.2, 0.25) is 0 Å². The predicted octanol–water partition coefficient (Wildman–Crippen LogP) is 3.52. The minimum absolute atomic E-state index is 0.00990. The van der Waals surface area contributed by atoms with E-state index in [1.165, 1.54) is 5.56 Å². The molecule has 5 rings (SSSR count). The SMILES string of the molecule is O=C(NC(c1ccccn1)C1CCCN(Cc2ccccc2-n2cccn2)C1)C1CCCO1. The fourth-order valence-corrected chi connectivity index (χ4v) is 5.05. The summed E-state index contributed by atoms with van der Waals surface area (Å²) >= 11 is 0. The van der Waals surface area contributed by atoms with Gasteiger partial charge in [0.25, 0.3) is 0 Å². The molecule has 1 aromatic carbocycles. The molecule has 2 fully saturated rings. The number of carbonyl (C=O) groups is 1. The van der Waals surface area contributed by atoms with Gasteiger partial charge in [0, 0.05) is 38.3 Å². The van der Waals surface area contributed by atoms with Crippen LogP contribution < -0.4 is 5.32 Å². The van der Waals surface area contributed by atoms with Crippen molar-refractivity contribution in [2.24, 2.45) is 5.92 Å². The zero-order valence-corrected chi connectivity index (χ0v) is 18.8.